The molecule has 1 aliphatic heterocycles. The zero-order valence-electron chi connectivity index (χ0n) is 21.2. The molecule has 2 aliphatic rings. The van der Waals surface area contributed by atoms with Gasteiger partial charge in [0.15, 0.2) is 0 Å². The van der Waals surface area contributed by atoms with Crippen LogP contribution in [-0.4, -0.2) is 53.6 Å². The number of benzene rings is 1. The second-order valence-electron chi connectivity index (χ2n) is 10.1. The molecule has 1 aliphatic carbocycles. The zero-order valence-corrected chi connectivity index (χ0v) is 22.1. The van der Waals surface area contributed by atoms with E-state index in [2.05, 4.69) is 33.9 Å². The lowest BCUT2D eigenvalue weighted by Gasteiger charge is -2.26. The average Bonchev–Trinajstić information content (AvgIpc) is 3.59. The summed E-state index contributed by atoms with van der Waals surface area (Å²) in [5, 5.41) is 10.2. The summed E-state index contributed by atoms with van der Waals surface area (Å²) < 4.78 is 5.25. The van der Waals surface area contributed by atoms with E-state index < -0.39 is 41.1 Å². The highest BCUT2D eigenvalue weighted by atomic mass is 32.1. The molecule has 3 rings (SSSR count). The van der Waals surface area contributed by atoms with E-state index in [1.54, 1.807) is 13.8 Å². The quantitative estimate of drug-likeness (QED) is 0.245. The van der Waals surface area contributed by atoms with E-state index in [0.29, 0.717) is 25.3 Å². The summed E-state index contributed by atoms with van der Waals surface area (Å²) in [4.78, 5) is 62.7. The molecule has 1 saturated carbocycles. The highest BCUT2D eigenvalue weighted by molar-refractivity contribution is 7.96. The van der Waals surface area contributed by atoms with Crippen LogP contribution in [0.4, 0.5) is 4.79 Å². The van der Waals surface area contributed by atoms with Gasteiger partial charge in [0.1, 0.15) is 18.7 Å². The fourth-order valence-electron chi connectivity index (χ4n) is 4.25. The summed E-state index contributed by atoms with van der Waals surface area (Å²) in [7, 11) is 0. The highest BCUT2D eigenvalue weighted by Gasteiger charge is 2.36. The number of ether oxygens (including phenoxy) is 1. The lowest BCUT2D eigenvalue weighted by Crippen LogP contribution is -2.57. The minimum atomic E-state index is -0.949. The molecule has 11 heteroatoms. The van der Waals surface area contributed by atoms with Crippen LogP contribution in [0.3, 0.4) is 0 Å². The Morgan fingerprint density at radius 3 is 2.22 bits per heavy atom. The van der Waals surface area contributed by atoms with Crippen molar-refractivity contribution in [3.63, 3.8) is 0 Å². The Hall–Kier alpha value is -3.08. The predicted molar refractivity (Wildman–Crippen MR) is 139 cm³/mol. The molecule has 4 N–H and O–H groups in total. The molecule has 0 spiro atoms. The SMILES string of the molecule is CC(C)[C@H](NC(=O)OCc1ccccc1)C(=O)N[C@@H](CC1CC1)C(=O)N[C@@H](C[C@@H]1CCNC1=O)C(=O)S. The number of rotatable bonds is 13. The molecule has 0 unspecified atom stereocenters. The molecule has 1 aromatic rings. The van der Waals surface area contributed by atoms with Gasteiger partial charge in [-0.3, -0.25) is 19.2 Å². The van der Waals surface area contributed by atoms with Crippen LogP contribution in [0.5, 0.6) is 0 Å². The van der Waals surface area contributed by atoms with E-state index in [9.17, 15) is 24.0 Å². The molecule has 1 heterocycles. The molecule has 37 heavy (non-hydrogen) atoms. The van der Waals surface area contributed by atoms with E-state index in [4.69, 9.17) is 4.74 Å². The summed E-state index contributed by atoms with van der Waals surface area (Å²) in [5.74, 6) is -1.54. The summed E-state index contributed by atoms with van der Waals surface area (Å²) >= 11 is 3.90. The Morgan fingerprint density at radius 2 is 1.65 bits per heavy atom. The van der Waals surface area contributed by atoms with Gasteiger partial charge in [0.25, 0.3) is 0 Å². The van der Waals surface area contributed by atoms with Gasteiger partial charge in [0, 0.05) is 12.5 Å². The minimum Gasteiger partial charge on any atom is -0.445 e. The smallest absolute Gasteiger partial charge is 0.408 e. The lowest BCUT2D eigenvalue weighted by molar-refractivity contribution is -0.132. The van der Waals surface area contributed by atoms with Gasteiger partial charge in [-0.25, -0.2) is 4.79 Å². The van der Waals surface area contributed by atoms with E-state index in [1.807, 2.05) is 30.3 Å². The number of carbonyl (C=O) groups is 5. The van der Waals surface area contributed by atoms with Crippen LogP contribution in [0.25, 0.3) is 0 Å². The van der Waals surface area contributed by atoms with Crippen molar-refractivity contribution < 1.29 is 28.7 Å². The Balaban J connectivity index is 1.60. The Morgan fingerprint density at radius 1 is 0.973 bits per heavy atom. The van der Waals surface area contributed by atoms with E-state index in [-0.39, 0.29) is 30.8 Å². The van der Waals surface area contributed by atoms with Gasteiger partial charge < -0.3 is 26.0 Å². The van der Waals surface area contributed by atoms with E-state index in [0.717, 1.165) is 18.4 Å². The molecule has 0 aromatic heterocycles. The van der Waals surface area contributed by atoms with Crippen molar-refractivity contribution in [1.29, 1.82) is 0 Å². The standard InChI is InChI=1S/C26H36N4O6S/c1-15(2)21(30-26(35)36-14-17-6-4-3-5-7-17)24(33)28-19(12-16-8-9-16)23(32)29-20(25(34)37)13-18-10-11-27-22(18)31/h3-7,15-16,18-21H,8-14H2,1-2H3,(H,27,31)(H,28,33)(H,29,32)(H,30,35)(H,34,37)/t18-,19-,20-,21-/m0/s1. The van der Waals surface area contributed by atoms with Crippen LogP contribution in [0, 0.1) is 17.8 Å². The average molecular weight is 533 g/mol. The Kier molecular flexibility index (Phi) is 10.4. The van der Waals surface area contributed by atoms with Crippen LogP contribution in [-0.2, 0) is 30.5 Å². The third-order valence-electron chi connectivity index (χ3n) is 6.63. The summed E-state index contributed by atoms with van der Waals surface area (Å²) in [6.07, 6.45) is 2.31. The number of hydrogen-bond donors (Lipinski definition) is 5. The number of alkyl carbamates (subject to hydrolysis) is 1. The maximum atomic E-state index is 13.2. The first-order valence-corrected chi connectivity index (χ1v) is 13.2. The van der Waals surface area contributed by atoms with Crippen molar-refractivity contribution in [2.24, 2.45) is 17.8 Å². The number of amides is 4. The fourth-order valence-corrected chi connectivity index (χ4v) is 4.42. The van der Waals surface area contributed by atoms with Crippen molar-refractivity contribution in [2.45, 2.75) is 70.7 Å². The first-order chi connectivity index (χ1) is 17.6. The van der Waals surface area contributed by atoms with Crippen LogP contribution < -0.4 is 21.3 Å². The second kappa shape index (κ2) is 13.5. The molecule has 202 valence electrons. The van der Waals surface area contributed by atoms with Gasteiger partial charge in [-0.15, -0.1) is 12.6 Å². The van der Waals surface area contributed by atoms with Gasteiger partial charge >= 0.3 is 6.09 Å². The molecule has 0 radical (unpaired) electrons. The third-order valence-corrected chi connectivity index (χ3v) is 6.94. The summed E-state index contributed by atoms with van der Waals surface area (Å²) in [6.45, 7) is 4.15. The minimum absolute atomic E-state index is 0.0595. The van der Waals surface area contributed by atoms with Crippen molar-refractivity contribution >= 4 is 41.6 Å². The maximum Gasteiger partial charge on any atom is 0.408 e. The maximum absolute atomic E-state index is 13.2. The molecule has 4 atom stereocenters. The van der Waals surface area contributed by atoms with E-state index >= 15 is 0 Å². The molecule has 4 amide bonds. The third kappa shape index (κ3) is 9.07. The van der Waals surface area contributed by atoms with Crippen LogP contribution in [0.15, 0.2) is 30.3 Å². The lowest BCUT2D eigenvalue weighted by atomic mass is 9.98. The first kappa shape index (κ1) is 28.5. The number of nitrogens with one attached hydrogen (secondary N) is 4. The number of hydrogen-bond acceptors (Lipinski definition) is 6. The normalized spacial score (nSPS) is 19.4. The van der Waals surface area contributed by atoms with Crippen molar-refractivity contribution in [3.05, 3.63) is 35.9 Å². The monoisotopic (exact) mass is 532 g/mol. The van der Waals surface area contributed by atoms with Crippen molar-refractivity contribution in [1.82, 2.24) is 21.3 Å². The highest BCUT2D eigenvalue weighted by Crippen LogP contribution is 2.33. The van der Waals surface area contributed by atoms with Gasteiger partial charge in [-0.05, 0) is 36.7 Å². The Labute approximate surface area is 222 Å². The second-order valence-corrected chi connectivity index (χ2v) is 10.5. The molecule has 0 bridgehead atoms. The van der Waals surface area contributed by atoms with Gasteiger partial charge in [0.05, 0.1) is 6.04 Å². The molecule has 2 fully saturated rings. The molecule has 1 aromatic carbocycles. The van der Waals surface area contributed by atoms with Gasteiger partial charge in [0.2, 0.25) is 22.8 Å². The topological polar surface area (TPSA) is 143 Å². The number of thiol groups is 1. The van der Waals surface area contributed by atoms with Crippen molar-refractivity contribution in [2.75, 3.05) is 6.54 Å². The van der Waals surface area contributed by atoms with Crippen LogP contribution in [0.1, 0.15) is 51.5 Å². The summed E-state index contributed by atoms with van der Waals surface area (Å²) in [5.41, 5.74) is 0.813. The largest absolute Gasteiger partial charge is 0.445 e. The van der Waals surface area contributed by atoms with Crippen LogP contribution >= 0.6 is 12.6 Å². The number of carbonyl (C=O) groups excluding carboxylic acids is 5. The molecular weight excluding hydrogens is 496 g/mol. The zero-order chi connectivity index (χ0) is 26.9. The first-order valence-electron chi connectivity index (χ1n) is 12.7. The summed E-state index contributed by atoms with van der Waals surface area (Å²) in [6, 6.07) is 6.40. The fraction of sp³-hybridized carbons (Fsp3) is 0.577. The molecule has 10 nitrogen and oxygen atoms in total. The Bertz CT molecular complexity index is 985. The van der Waals surface area contributed by atoms with Crippen LogP contribution in [0.2, 0.25) is 0 Å². The van der Waals surface area contributed by atoms with Gasteiger partial charge in [-0.1, -0.05) is 57.0 Å². The predicted octanol–water partition coefficient (Wildman–Crippen LogP) is 1.69. The molecular formula is C26H36N4O6S. The molecule has 1 saturated heterocycles. The van der Waals surface area contributed by atoms with E-state index in [1.165, 1.54) is 0 Å². The van der Waals surface area contributed by atoms with Gasteiger partial charge in [-0.2, -0.15) is 0 Å². The van der Waals surface area contributed by atoms with Crippen molar-refractivity contribution in [3.8, 4) is 0 Å².